The molecule has 202 valence electrons. The minimum atomic E-state index is -0.504. The lowest BCUT2D eigenvalue weighted by molar-refractivity contribution is -0.127. The number of hydrogen-bond donors (Lipinski definition) is 1. The average Bonchev–Trinajstić information content (AvgIpc) is 3.13. The smallest absolute Gasteiger partial charge is 0.294 e. The molecule has 7 nitrogen and oxygen atoms in total. The zero-order chi connectivity index (χ0) is 28.1. The number of carbonyl (C=O) groups excluding carboxylic acids is 3. The van der Waals surface area contributed by atoms with Crippen LogP contribution < -0.4 is 14.8 Å². The van der Waals surface area contributed by atoms with E-state index in [2.05, 4.69) is 11.4 Å². The Morgan fingerprint density at radius 1 is 0.923 bits per heavy atom. The Kier molecular flexibility index (Phi) is 8.76. The average molecular weight is 545 g/mol. The van der Waals surface area contributed by atoms with Crippen LogP contribution >= 0.6 is 11.8 Å². The predicted molar refractivity (Wildman–Crippen MR) is 155 cm³/mol. The number of ether oxygens (including phenoxy) is 2. The van der Waals surface area contributed by atoms with Gasteiger partial charge in [-0.3, -0.25) is 19.3 Å². The minimum Gasteiger partial charge on any atom is -0.490 e. The van der Waals surface area contributed by atoms with Gasteiger partial charge in [0, 0.05) is 5.69 Å². The van der Waals surface area contributed by atoms with Crippen LogP contribution in [0.3, 0.4) is 0 Å². The lowest BCUT2D eigenvalue weighted by atomic mass is 10.1. The molecule has 39 heavy (non-hydrogen) atoms. The molecule has 0 radical (unpaired) electrons. The summed E-state index contributed by atoms with van der Waals surface area (Å²) < 4.78 is 11.8. The van der Waals surface area contributed by atoms with Gasteiger partial charge in [-0.05, 0) is 86.8 Å². The van der Waals surface area contributed by atoms with Crippen LogP contribution in [-0.4, -0.2) is 35.1 Å². The fraction of sp³-hybridized carbons (Fsp3) is 0.258. The molecular formula is C31H32N2O5S. The monoisotopic (exact) mass is 544 g/mol. The number of benzene rings is 3. The summed E-state index contributed by atoms with van der Waals surface area (Å²) in [4.78, 5) is 39.6. The Labute approximate surface area is 233 Å². The van der Waals surface area contributed by atoms with E-state index in [1.807, 2.05) is 65.0 Å². The van der Waals surface area contributed by atoms with Gasteiger partial charge in [0.25, 0.3) is 11.1 Å². The third kappa shape index (κ3) is 6.89. The summed E-state index contributed by atoms with van der Waals surface area (Å²) in [5.74, 6) is 0.195. The van der Waals surface area contributed by atoms with E-state index in [1.54, 1.807) is 24.3 Å². The summed E-state index contributed by atoms with van der Waals surface area (Å²) >= 11 is 0.812. The normalized spacial score (nSPS) is 14.2. The lowest BCUT2D eigenvalue weighted by Gasteiger charge is -2.16. The van der Waals surface area contributed by atoms with E-state index in [0.717, 1.165) is 44.5 Å². The van der Waals surface area contributed by atoms with Gasteiger partial charge in [-0.1, -0.05) is 53.6 Å². The van der Waals surface area contributed by atoms with Crippen molar-refractivity contribution in [2.45, 2.75) is 41.2 Å². The van der Waals surface area contributed by atoms with E-state index in [-0.39, 0.29) is 11.4 Å². The number of aryl methyl sites for hydroxylation is 4. The molecule has 1 aliphatic heterocycles. The molecule has 1 fully saturated rings. The Hall–Kier alpha value is -4.04. The molecule has 1 saturated heterocycles. The number of rotatable bonds is 9. The first-order chi connectivity index (χ1) is 18.6. The van der Waals surface area contributed by atoms with Crippen LogP contribution in [0.4, 0.5) is 10.5 Å². The molecule has 0 spiro atoms. The summed E-state index contributed by atoms with van der Waals surface area (Å²) in [5, 5.41) is 2.36. The molecule has 0 aliphatic carbocycles. The number of imide groups is 1. The Balaban J connectivity index is 1.46. The van der Waals surface area contributed by atoms with Gasteiger partial charge in [-0.25, -0.2) is 0 Å². The summed E-state index contributed by atoms with van der Waals surface area (Å²) in [6.45, 7) is 10.2. The van der Waals surface area contributed by atoms with E-state index >= 15 is 0 Å². The molecule has 4 rings (SSSR count). The first-order valence-electron chi connectivity index (χ1n) is 12.7. The number of hydrogen-bond acceptors (Lipinski definition) is 6. The molecule has 1 N–H and O–H groups in total. The largest absolute Gasteiger partial charge is 0.490 e. The molecule has 3 amide bonds. The van der Waals surface area contributed by atoms with Crippen molar-refractivity contribution >= 4 is 40.6 Å². The molecule has 1 aliphatic rings. The third-order valence-corrected chi connectivity index (χ3v) is 7.07. The van der Waals surface area contributed by atoms with Gasteiger partial charge in [-0.15, -0.1) is 0 Å². The van der Waals surface area contributed by atoms with Gasteiger partial charge < -0.3 is 14.8 Å². The zero-order valence-corrected chi connectivity index (χ0v) is 23.6. The molecule has 0 atom stereocenters. The number of nitrogens with one attached hydrogen (secondary N) is 1. The highest BCUT2D eigenvalue weighted by Gasteiger charge is 2.36. The molecule has 3 aromatic carbocycles. The van der Waals surface area contributed by atoms with E-state index < -0.39 is 17.1 Å². The van der Waals surface area contributed by atoms with Crippen molar-refractivity contribution < 1.29 is 23.9 Å². The number of anilines is 1. The summed E-state index contributed by atoms with van der Waals surface area (Å²) in [6, 6.07) is 17.4. The van der Waals surface area contributed by atoms with E-state index in [9.17, 15) is 14.4 Å². The number of nitrogens with zero attached hydrogens (tertiary/aromatic N) is 1. The van der Waals surface area contributed by atoms with Crippen LogP contribution in [0.2, 0.25) is 0 Å². The predicted octanol–water partition coefficient (Wildman–Crippen LogP) is 6.57. The van der Waals surface area contributed by atoms with Crippen molar-refractivity contribution in [2.75, 3.05) is 18.5 Å². The third-order valence-electron chi connectivity index (χ3n) is 6.16. The number of amides is 3. The zero-order valence-electron chi connectivity index (χ0n) is 22.8. The summed E-state index contributed by atoms with van der Waals surface area (Å²) in [6.07, 6.45) is 1.63. The maximum Gasteiger partial charge on any atom is 0.294 e. The van der Waals surface area contributed by atoms with Gasteiger partial charge in [0.2, 0.25) is 5.91 Å². The SMILES string of the molecule is CCOc1cc(/C=C2\SC(=O)N(CC(=O)Nc3c(C)cc(C)cc3C)C2=O)ccc1OCc1cccc(C)c1. The van der Waals surface area contributed by atoms with Crippen LogP contribution in [0.15, 0.2) is 59.5 Å². The first-order valence-corrected chi connectivity index (χ1v) is 13.5. The second kappa shape index (κ2) is 12.2. The fourth-order valence-electron chi connectivity index (χ4n) is 4.45. The van der Waals surface area contributed by atoms with Crippen molar-refractivity contribution in [3.8, 4) is 11.5 Å². The standard InChI is InChI=1S/C31H32N2O5S/c1-6-37-26-15-23(10-11-25(26)38-18-24-9-7-8-19(2)14-24)16-27-30(35)33(31(36)39-27)17-28(34)32-29-21(4)12-20(3)13-22(29)5/h7-16H,6,17-18H2,1-5H3,(H,32,34)/b27-16-. The van der Waals surface area contributed by atoms with Crippen LogP contribution in [0.5, 0.6) is 11.5 Å². The van der Waals surface area contributed by atoms with Crippen LogP contribution in [0, 0.1) is 27.7 Å². The number of carbonyl (C=O) groups is 3. The maximum absolute atomic E-state index is 13.0. The molecule has 8 heteroatoms. The van der Waals surface area contributed by atoms with Crippen molar-refractivity contribution in [3.05, 3.63) is 92.9 Å². The Bertz CT molecular complexity index is 1440. The van der Waals surface area contributed by atoms with Gasteiger partial charge in [0.15, 0.2) is 11.5 Å². The highest BCUT2D eigenvalue weighted by Crippen LogP contribution is 2.35. The maximum atomic E-state index is 13.0. The van der Waals surface area contributed by atoms with Crippen molar-refractivity contribution in [2.24, 2.45) is 0 Å². The summed E-state index contributed by atoms with van der Waals surface area (Å²) in [7, 11) is 0. The van der Waals surface area contributed by atoms with Crippen LogP contribution in [0.1, 0.15) is 40.3 Å². The van der Waals surface area contributed by atoms with Gasteiger partial charge in [-0.2, -0.15) is 0 Å². The second-order valence-corrected chi connectivity index (χ2v) is 10.5. The Morgan fingerprint density at radius 3 is 2.36 bits per heavy atom. The fourth-order valence-corrected chi connectivity index (χ4v) is 5.29. The molecule has 0 aromatic heterocycles. The molecule has 0 bridgehead atoms. The van der Waals surface area contributed by atoms with Crippen molar-refractivity contribution in [1.29, 1.82) is 0 Å². The Morgan fingerprint density at radius 2 is 1.67 bits per heavy atom. The van der Waals surface area contributed by atoms with Crippen LogP contribution in [0.25, 0.3) is 6.08 Å². The van der Waals surface area contributed by atoms with Gasteiger partial charge in [0.05, 0.1) is 11.5 Å². The van der Waals surface area contributed by atoms with Gasteiger partial charge >= 0.3 is 0 Å². The molecule has 1 heterocycles. The number of thioether (sulfide) groups is 1. The molecule has 3 aromatic rings. The first kappa shape index (κ1) is 28.0. The highest BCUT2D eigenvalue weighted by atomic mass is 32.2. The van der Waals surface area contributed by atoms with Crippen LogP contribution in [-0.2, 0) is 16.2 Å². The van der Waals surface area contributed by atoms with Crippen molar-refractivity contribution in [1.82, 2.24) is 4.90 Å². The van der Waals surface area contributed by atoms with E-state index in [4.69, 9.17) is 9.47 Å². The lowest BCUT2D eigenvalue weighted by Crippen LogP contribution is -2.36. The van der Waals surface area contributed by atoms with Crippen molar-refractivity contribution in [3.63, 3.8) is 0 Å². The highest BCUT2D eigenvalue weighted by molar-refractivity contribution is 8.18. The quantitative estimate of drug-likeness (QED) is 0.307. The molecular weight excluding hydrogens is 512 g/mol. The van der Waals surface area contributed by atoms with E-state index in [0.29, 0.717) is 36.0 Å². The topological polar surface area (TPSA) is 84.9 Å². The van der Waals surface area contributed by atoms with Gasteiger partial charge in [0.1, 0.15) is 13.2 Å². The summed E-state index contributed by atoms with van der Waals surface area (Å²) in [5.41, 5.74) is 6.52. The molecule has 0 saturated carbocycles. The second-order valence-electron chi connectivity index (χ2n) is 9.51. The van der Waals surface area contributed by atoms with E-state index in [1.165, 1.54) is 0 Å². The minimum absolute atomic E-state index is 0.242. The molecule has 0 unspecified atom stereocenters.